The molecule has 0 heterocycles. The number of rotatable bonds is 12. The Morgan fingerprint density at radius 2 is 1.70 bits per heavy atom. The van der Waals surface area contributed by atoms with Crippen LogP contribution >= 0.6 is 0 Å². The number of likely N-dealkylation sites (N-methyl/N-ethyl adjacent to an activating group) is 1. The van der Waals surface area contributed by atoms with Gasteiger partial charge >= 0.3 is 6.09 Å². The molecule has 0 bridgehead atoms. The summed E-state index contributed by atoms with van der Waals surface area (Å²) in [5.41, 5.74) is 0.443. The summed E-state index contributed by atoms with van der Waals surface area (Å²) >= 11 is 0. The van der Waals surface area contributed by atoms with Crippen molar-refractivity contribution in [3.63, 3.8) is 0 Å². The molecule has 0 saturated carbocycles. The molecule has 12 heteroatoms. The van der Waals surface area contributed by atoms with E-state index in [-0.39, 0.29) is 24.8 Å². The Bertz CT molecular complexity index is 1080. The second-order valence-electron chi connectivity index (χ2n) is 9.83. The average molecular weight is 538 g/mol. The normalized spacial score (nSPS) is 14.0. The van der Waals surface area contributed by atoms with E-state index in [1.807, 2.05) is 13.0 Å². The Labute approximate surface area is 220 Å². The molecule has 1 aromatic carbocycles. The van der Waals surface area contributed by atoms with Crippen LogP contribution in [0.1, 0.15) is 59.1 Å². The molecular weight excluding hydrogens is 498 g/mol. The van der Waals surface area contributed by atoms with Gasteiger partial charge in [0.2, 0.25) is 21.8 Å². The fourth-order valence-corrected chi connectivity index (χ4v) is 3.99. The number of nitrogens with zero attached hydrogens (tertiary/aromatic N) is 2. The highest BCUT2D eigenvalue weighted by molar-refractivity contribution is 7.89. The first-order valence-corrected chi connectivity index (χ1v) is 13.8. The third-order valence-corrected chi connectivity index (χ3v) is 6.90. The van der Waals surface area contributed by atoms with Gasteiger partial charge in [0.25, 0.3) is 0 Å². The van der Waals surface area contributed by atoms with Crippen LogP contribution in [0.3, 0.4) is 0 Å². The maximum atomic E-state index is 13.2. The fraction of sp³-hybridized carbons (Fsp3) is 0.600. The molecule has 1 aromatic rings. The number of carbonyl (C=O) groups excluding carboxylic acids is 3. The van der Waals surface area contributed by atoms with Crippen LogP contribution < -0.4 is 15.4 Å². The van der Waals surface area contributed by atoms with Crippen molar-refractivity contribution in [2.24, 2.45) is 5.92 Å². The van der Waals surface area contributed by atoms with Gasteiger partial charge in [-0.3, -0.25) is 9.59 Å². The number of hydrogen-bond donors (Lipinski definition) is 3. The van der Waals surface area contributed by atoms with E-state index in [2.05, 4.69) is 15.4 Å². The molecule has 11 nitrogen and oxygen atoms in total. The van der Waals surface area contributed by atoms with Crippen LogP contribution in [0.15, 0.2) is 24.3 Å². The Hall–Kier alpha value is -3.17. The third-order valence-electron chi connectivity index (χ3n) is 5.53. The van der Waals surface area contributed by atoms with Crippen molar-refractivity contribution in [3.05, 3.63) is 35.4 Å². The summed E-state index contributed by atoms with van der Waals surface area (Å²) in [6, 6.07) is 6.35. The topological polar surface area (TPSA) is 158 Å². The smallest absolute Gasteiger partial charge is 0.410 e. The first-order valence-electron chi connectivity index (χ1n) is 12.1. The number of ether oxygens (including phenoxy) is 1. The van der Waals surface area contributed by atoms with E-state index in [9.17, 15) is 22.8 Å². The van der Waals surface area contributed by atoms with Crippen LogP contribution in [-0.2, 0) is 30.9 Å². The standard InChI is InChI=1S/C25H39N5O6S/c1-8-17(3)21(29-37(34,35)9-2)23(32)28-20(16-30(7)24(33)36-25(4,5)6)22(31)27-15-19-12-10-18(14-26)11-13-19/h10-13,17,20-21,29H,8-9,15-16H2,1-7H3,(H,27,31)(H,28,32)/t17?,20-,21+/m0/s1. The zero-order chi connectivity index (χ0) is 28.4. The highest BCUT2D eigenvalue weighted by Gasteiger charge is 2.33. The molecule has 0 aliphatic rings. The summed E-state index contributed by atoms with van der Waals surface area (Å²) in [6.07, 6.45) is -0.172. The predicted molar refractivity (Wildman–Crippen MR) is 140 cm³/mol. The van der Waals surface area contributed by atoms with Crippen LogP contribution in [0, 0.1) is 17.2 Å². The second kappa shape index (κ2) is 13.9. The number of hydrogen-bond acceptors (Lipinski definition) is 7. The van der Waals surface area contributed by atoms with Crippen LogP contribution in [0.2, 0.25) is 0 Å². The zero-order valence-corrected chi connectivity index (χ0v) is 23.4. The molecular formula is C25H39N5O6S. The van der Waals surface area contributed by atoms with E-state index in [1.54, 1.807) is 52.0 Å². The van der Waals surface area contributed by atoms with E-state index in [0.29, 0.717) is 12.0 Å². The van der Waals surface area contributed by atoms with Gasteiger partial charge in [-0.05, 0) is 51.3 Å². The molecule has 0 spiro atoms. The van der Waals surface area contributed by atoms with E-state index in [1.165, 1.54) is 18.9 Å². The quantitative estimate of drug-likeness (QED) is 0.367. The molecule has 1 unspecified atom stereocenters. The Kier molecular flexibility index (Phi) is 12.0. The highest BCUT2D eigenvalue weighted by atomic mass is 32.2. The summed E-state index contributed by atoms with van der Waals surface area (Å²) < 4.78 is 32.2. The molecule has 3 atom stereocenters. The van der Waals surface area contributed by atoms with Gasteiger partial charge in [0, 0.05) is 13.6 Å². The van der Waals surface area contributed by atoms with Crippen molar-refractivity contribution in [1.29, 1.82) is 5.26 Å². The van der Waals surface area contributed by atoms with Gasteiger partial charge in [-0.1, -0.05) is 32.4 Å². The number of benzene rings is 1. The fourth-order valence-electron chi connectivity index (χ4n) is 3.09. The lowest BCUT2D eigenvalue weighted by atomic mass is 9.99. The van der Waals surface area contributed by atoms with Crippen molar-refractivity contribution in [3.8, 4) is 6.07 Å². The SMILES string of the molecule is CCC(C)[C@@H](NS(=O)(=O)CC)C(=O)N[C@@H](CN(C)C(=O)OC(C)(C)C)C(=O)NCc1ccc(C#N)cc1. The number of nitrogens with one attached hydrogen (secondary N) is 3. The molecule has 0 aromatic heterocycles. The number of sulfonamides is 1. The van der Waals surface area contributed by atoms with Gasteiger partial charge in [0.05, 0.1) is 23.9 Å². The summed E-state index contributed by atoms with van der Waals surface area (Å²) in [6.45, 7) is 10.0. The van der Waals surface area contributed by atoms with Crippen molar-refractivity contribution in [2.45, 2.75) is 72.2 Å². The largest absolute Gasteiger partial charge is 0.444 e. The molecule has 3 N–H and O–H groups in total. The molecule has 0 radical (unpaired) electrons. The summed E-state index contributed by atoms with van der Waals surface area (Å²) in [4.78, 5) is 40.0. The molecule has 3 amide bonds. The minimum atomic E-state index is -3.70. The van der Waals surface area contributed by atoms with Gasteiger partial charge in [0.1, 0.15) is 17.7 Å². The van der Waals surface area contributed by atoms with Crippen LogP contribution in [-0.4, -0.2) is 68.3 Å². The number of amides is 3. The molecule has 0 aliphatic heterocycles. The van der Waals surface area contributed by atoms with Gasteiger partial charge < -0.3 is 20.3 Å². The lowest BCUT2D eigenvalue weighted by molar-refractivity contribution is -0.130. The van der Waals surface area contributed by atoms with Gasteiger partial charge in [0.15, 0.2) is 0 Å². The summed E-state index contributed by atoms with van der Waals surface area (Å²) in [7, 11) is -2.27. The molecule has 37 heavy (non-hydrogen) atoms. The molecule has 0 aliphatic carbocycles. The monoisotopic (exact) mass is 537 g/mol. The van der Waals surface area contributed by atoms with Gasteiger partial charge in [-0.15, -0.1) is 0 Å². The minimum absolute atomic E-state index is 0.115. The summed E-state index contributed by atoms with van der Waals surface area (Å²) in [5, 5.41) is 14.3. The summed E-state index contributed by atoms with van der Waals surface area (Å²) in [5.74, 6) is -1.81. The Morgan fingerprint density at radius 3 is 2.19 bits per heavy atom. The maximum Gasteiger partial charge on any atom is 0.410 e. The molecule has 1 rings (SSSR count). The van der Waals surface area contributed by atoms with Crippen molar-refractivity contribution in [1.82, 2.24) is 20.3 Å². The first kappa shape index (κ1) is 31.9. The third kappa shape index (κ3) is 11.2. The molecule has 206 valence electrons. The lowest BCUT2D eigenvalue weighted by Gasteiger charge is -2.29. The van der Waals surface area contributed by atoms with Crippen molar-refractivity contribution in [2.75, 3.05) is 19.3 Å². The van der Waals surface area contributed by atoms with E-state index >= 15 is 0 Å². The van der Waals surface area contributed by atoms with E-state index < -0.39 is 45.6 Å². The predicted octanol–water partition coefficient (Wildman–Crippen LogP) is 1.88. The Morgan fingerprint density at radius 1 is 1.11 bits per heavy atom. The average Bonchev–Trinajstić information content (AvgIpc) is 2.84. The lowest BCUT2D eigenvalue weighted by Crippen LogP contribution is -2.58. The molecule has 0 fully saturated rings. The molecule has 0 saturated heterocycles. The highest BCUT2D eigenvalue weighted by Crippen LogP contribution is 2.12. The zero-order valence-electron chi connectivity index (χ0n) is 22.6. The van der Waals surface area contributed by atoms with Gasteiger partial charge in [-0.2, -0.15) is 5.26 Å². The van der Waals surface area contributed by atoms with E-state index in [0.717, 1.165) is 5.56 Å². The number of carbonyl (C=O) groups is 3. The van der Waals surface area contributed by atoms with Gasteiger partial charge in [-0.25, -0.2) is 17.9 Å². The van der Waals surface area contributed by atoms with E-state index in [4.69, 9.17) is 10.00 Å². The van der Waals surface area contributed by atoms with Crippen LogP contribution in [0.25, 0.3) is 0 Å². The van der Waals surface area contributed by atoms with Crippen LogP contribution in [0.5, 0.6) is 0 Å². The number of nitriles is 1. The van der Waals surface area contributed by atoms with Crippen LogP contribution in [0.4, 0.5) is 4.79 Å². The van der Waals surface area contributed by atoms with Crippen molar-refractivity contribution >= 4 is 27.9 Å². The first-order chi connectivity index (χ1) is 17.1. The maximum absolute atomic E-state index is 13.2. The Balaban J connectivity index is 3.13. The minimum Gasteiger partial charge on any atom is -0.444 e. The second-order valence-corrected chi connectivity index (χ2v) is 11.9. The van der Waals surface area contributed by atoms with Crippen molar-refractivity contribution < 1.29 is 27.5 Å².